The largest absolute Gasteiger partial charge is 0.350 e. The van der Waals surface area contributed by atoms with Crippen LogP contribution in [0.1, 0.15) is 16.8 Å². The monoisotopic (exact) mass is 333 g/mol. The molecule has 2 aromatic carbocycles. The van der Waals surface area contributed by atoms with E-state index in [0.717, 1.165) is 16.9 Å². The first-order valence-corrected chi connectivity index (χ1v) is 7.73. The van der Waals surface area contributed by atoms with Gasteiger partial charge in [-0.25, -0.2) is 9.37 Å². The van der Waals surface area contributed by atoms with Gasteiger partial charge in [-0.05, 0) is 42.8 Å². The van der Waals surface area contributed by atoms with Crippen LogP contribution < -0.4 is 10.6 Å². The van der Waals surface area contributed by atoms with Gasteiger partial charge in [0.15, 0.2) is 0 Å². The van der Waals surface area contributed by atoms with E-state index in [2.05, 4.69) is 26.7 Å². The molecule has 0 aliphatic carbocycles. The molecule has 0 saturated carbocycles. The second kappa shape index (κ2) is 7.41. The number of aryl methyl sites for hydroxylation is 1. The Morgan fingerprint density at radius 3 is 2.64 bits per heavy atom. The molecule has 0 aliphatic rings. The molecular weight excluding hydrogens is 317 g/mol. The Balaban J connectivity index is 1.73. The van der Waals surface area contributed by atoms with Gasteiger partial charge in [-0.15, -0.1) is 0 Å². The van der Waals surface area contributed by atoms with Crippen LogP contribution in [0.25, 0.3) is 0 Å². The van der Waals surface area contributed by atoms with E-state index in [-0.39, 0.29) is 5.82 Å². The summed E-state index contributed by atoms with van der Waals surface area (Å²) in [6.45, 7) is 2.37. The van der Waals surface area contributed by atoms with Crippen molar-refractivity contribution in [2.75, 3.05) is 10.6 Å². The van der Waals surface area contributed by atoms with Gasteiger partial charge in [0, 0.05) is 24.0 Å². The quantitative estimate of drug-likeness (QED) is 0.734. The SMILES string of the molecule is Cc1cc(Nc2cccc(C#N)c2)nc(NCc2ccc(F)cc2)n1. The second-order valence-electron chi connectivity index (χ2n) is 5.52. The first-order valence-electron chi connectivity index (χ1n) is 7.73. The average Bonchev–Trinajstić information content (AvgIpc) is 2.61. The van der Waals surface area contributed by atoms with Crippen molar-refractivity contribution in [3.8, 4) is 6.07 Å². The molecule has 0 unspecified atom stereocenters. The number of hydrogen-bond acceptors (Lipinski definition) is 5. The molecule has 0 saturated heterocycles. The lowest BCUT2D eigenvalue weighted by Crippen LogP contribution is -2.06. The maximum Gasteiger partial charge on any atom is 0.225 e. The maximum absolute atomic E-state index is 12.9. The summed E-state index contributed by atoms with van der Waals surface area (Å²) in [5.41, 5.74) is 3.09. The molecule has 0 bridgehead atoms. The Morgan fingerprint density at radius 2 is 1.88 bits per heavy atom. The van der Waals surface area contributed by atoms with Gasteiger partial charge in [0.05, 0.1) is 11.6 Å². The minimum absolute atomic E-state index is 0.262. The van der Waals surface area contributed by atoms with Gasteiger partial charge < -0.3 is 10.6 Å². The lowest BCUT2D eigenvalue weighted by Gasteiger charge is -2.10. The van der Waals surface area contributed by atoms with Crippen molar-refractivity contribution >= 4 is 17.5 Å². The predicted octanol–water partition coefficient (Wildman–Crippen LogP) is 4.15. The third kappa shape index (κ3) is 4.52. The molecule has 6 heteroatoms. The zero-order valence-corrected chi connectivity index (χ0v) is 13.6. The first kappa shape index (κ1) is 16.4. The van der Waals surface area contributed by atoms with Crippen molar-refractivity contribution in [2.24, 2.45) is 0 Å². The molecular formula is C19H16FN5. The summed E-state index contributed by atoms with van der Waals surface area (Å²) in [5, 5.41) is 15.3. The van der Waals surface area contributed by atoms with Crippen molar-refractivity contribution in [2.45, 2.75) is 13.5 Å². The summed E-state index contributed by atoms with van der Waals surface area (Å²) in [5.74, 6) is 0.842. The minimum Gasteiger partial charge on any atom is -0.350 e. The Bertz CT molecular complexity index is 916. The van der Waals surface area contributed by atoms with Crippen LogP contribution in [0.4, 0.5) is 21.8 Å². The predicted molar refractivity (Wildman–Crippen MR) is 94.9 cm³/mol. The van der Waals surface area contributed by atoms with Crippen molar-refractivity contribution in [1.29, 1.82) is 5.26 Å². The Labute approximate surface area is 145 Å². The zero-order chi connectivity index (χ0) is 17.6. The van der Waals surface area contributed by atoms with Gasteiger partial charge >= 0.3 is 0 Å². The van der Waals surface area contributed by atoms with Gasteiger partial charge in [0.1, 0.15) is 11.6 Å². The lowest BCUT2D eigenvalue weighted by molar-refractivity contribution is 0.627. The highest BCUT2D eigenvalue weighted by Gasteiger charge is 2.04. The average molecular weight is 333 g/mol. The van der Waals surface area contributed by atoms with Crippen molar-refractivity contribution in [3.63, 3.8) is 0 Å². The minimum atomic E-state index is -0.262. The molecule has 1 aromatic heterocycles. The molecule has 3 aromatic rings. The van der Waals surface area contributed by atoms with Crippen LogP contribution in [0.2, 0.25) is 0 Å². The third-order valence-corrected chi connectivity index (χ3v) is 3.48. The molecule has 0 aliphatic heterocycles. The maximum atomic E-state index is 12.9. The van der Waals surface area contributed by atoms with E-state index in [4.69, 9.17) is 5.26 Å². The summed E-state index contributed by atoms with van der Waals surface area (Å²) >= 11 is 0. The number of anilines is 3. The second-order valence-corrected chi connectivity index (χ2v) is 5.52. The van der Waals surface area contributed by atoms with Gasteiger partial charge in [-0.1, -0.05) is 18.2 Å². The molecule has 0 fully saturated rings. The number of halogens is 1. The Kier molecular flexibility index (Phi) is 4.86. The summed E-state index contributed by atoms with van der Waals surface area (Å²) in [7, 11) is 0. The Morgan fingerprint density at radius 1 is 1.08 bits per heavy atom. The number of nitriles is 1. The smallest absolute Gasteiger partial charge is 0.225 e. The van der Waals surface area contributed by atoms with Crippen LogP contribution in [0.3, 0.4) is 0 Å². The van der Waals surface area contributed by atoms with Crippen LogP contribution in [0.5, 0.6) is 0 Å². The fourth-order valence-electron chi connectivity index (χ4n) is 2.31. The lowest BCUT2D eigenvalue weighted by atomic mass is 10.2. The number of hydrogen-bond donors (Lipinski definition) is 2. The Hall–Kier alpha value is -3.46. The summed E-state index contributed by atoms with van der Waals surface area (Å²) < 4.78 is 12.9. The fraction of sp³-hybridized carbons (Fsp3) is 0.105. The van der Waals surface area contributed by atoms with Gasteiger partial charge in [-0.2, -0.15) is 10.2 Å². The molecule has 3 rings (SSSR count). The van der Waals surface area contributed by atoms with E-state index in [9.17, 15) is 4.39 Å². The molecule has 0 atom stereocenters. The molecule has 5 nitrogen and oxygen atoms in total. The number of nitrogens with one attached hydrogen (secondary N) is 2. The summed E-state index contributed by atoms with van der Waals surface area (Å²) in [6.07, 6.45) is 0. The normalized spacial score (nSPS) is 10.1. The van der Waals surface area contributed by atoms with E-state index in [1.165, 1.54) is 12.1 Å². The van der Waals surface area contributed by atoms with Gasteiger partial charge in [0.25, 0.3) is 0 Å². The van der Waals surface area contributed by atoms with Crippen LogP contribution in [-0.2, 0) is 6.54 Å². The highest BCUT2D eigenvalue weighted by molar-refractivity contribution is 5.59. The molecule has 25 heavy (non-hydrogen) atoms. The fourth-order valence-corrected chi connectivity index (χ4v) is 2.31. The van der Waals surface area contributed by atoms with Crippen molar-refractivity contribution < 1.29 is 4.39 Å². The van der Waals surface area contributed by atoms with E-state index in [1.54, 1.807) is 24.3 Å². The van der Waals surface area contributed by atoms with Crippen LogP contribution in [0, 0.1) is 24.1 Å². The molecule has 0 spiro atoms. The molecule has 0 radical (unpaired) electrons. The molecule has 124 valence electrons. The van der Waals surface area contributed by atoms with Gasteiger partial charge in [0.2, 0.25) is 5.95 Å². The number of rotatable bonds is 5. The first-order chi connectivity index (χ1) is 12.1. The van der Waals surface area contributed by atoms with Crippen LogP contribution >= 0.6 is 0 Å². The van der Waals surface area contributed by atoms with Crippen molar-refractivity contribution in [1.82, 2.24) is 9.97 Å². The topological polar surface area (TPSA) is 73.6 Å². The van der Waals surface area contributed by atoms with Crippen molar-refractivity contribution in [3.05, 3.63) is 77.2 Å². The van der Waals surface area contributed by atoms with E-state index in [1.807, 2.05) is 25.1 Å². The molecule has 0 amide bonds. The molecule has 1 heterocycles. The van der Waals surface area contributed by atoms with Crippen LogP contribution in [0.15, 0.2) is 54.6 Å². The van der Waals surface area contributed by atoms with Gasteiger partial charge in [-0.3, -0.25) is 0 Å². The highest BCUT2D eigenvalue weighted by atomic mass is 19.1. The number of nitrogens with zero attached hydrogens (tertiary/aromatic N) is 3. The highest BCUT2D eigenvalue weighted by Crippen LogP contribution is 2.18. The van der Waals surface area contributed by atoms with E-state index in [0.29, 0.717) is 23.9 Å². The van der Waals surface area contributed by atoms with Crippen LogP contribution in [-0.4, -0.2) is 9.97 Å². The third-order valence-electron chi connectivity index (χ3n) is 3.48. The van der Waals surface area contributed by atoms with E-state index >= 15 is 0 Å². The zero-order valence-electron chi connectivity index (χ0n) is 13.6. The standard InChI is InChI=1S/C19H16FN5/c1-13-9-18(24-17-4-2-3-15(10-17)11-21)25-19(23-13)22-12-14-5-7-16(20)8-6-14/h2-10H,12H2,1H3,(H2,22,23,24,25). The van der Waals surface area contributed by atoms with E-state index < -0.39 is 0 Å². The molecule has 2 N–H and O–H groups in total. The number of aromatic nitrogens is 2. The number of benzene rings is 2. The summed E-state index contributed by atoms with van der Waals surface area (Å²) in [6, 6.07) is 17.4. The summed E-state index contributed by atoms with van der Waals surface area (Å²) in [4.78, 5) is 8.78.